The van der Waals surface area contributed by atoms with Crippen molar-refractivity contribution in [1.82, 2.24) is 0 Å². The van der Waals surface area contributed by atoms with Gasteiger partial charge in [0.15, 0.2) is 0 Å². The van der Waals surface area contributed by atoms with E-state index in [0.29, 0.717) is 6.07 Å². The first kappa shape index (κ1) is 13.4. The number of alkyl halides is 5. The van der Waals surface area contributed by atoms with Crippen LogP contribution in [0.15, 0.2) is 22.7 Å². The average Bonchev–Trinajstić information content (AvgIpc) is 2.14. The molecule has 0 aromatic heterocycles. The van der Waals surface area contributed by atoms with Crippen molar-refractivity contribution in [2.45, 2.75) is 18.6 Å². The van der Waals surface area contributed by atoms with Crippen LogP contribution in [0.1, 0.15) is 17.2 Å². The summed E-state index contributed by atoms with van der Waals surface area (Å²) in [4.78, 5) is 0. The van der Waals surface area contributed by atoms with Crippen molar-refractivity contribution in [3.05, 3.63) is 33.8 Å². The molecule has 7 heteroatoms. The van der Waals surface area contributed by atoms with E-state index in [2.05, 4.69) is 15.9 Å². The second-order valence-electron chi connectivity index (χ2n) is 3.13. The molecule has 0 spiro atoms. The molecule has 16 heavy (non-hydrogen) atoms. The normalized spacial score (nSPS) is 14.2. The summed E-state index contributed by atoms with van der Waals surface area (Å²) in [7, 11) is 0. The fourth-order valence-corrected chi connectivity index (χ4v) is 1.62. The first-order valence-electron chi connectivity index (χ1n) is 4.13. The van der Waals surface area contributed by atoms with Crippen molar-refractivity contribution < 1.29 is 22.0 Å². The highest BCUT2D eigenvalue weighted by Crippen LogP contribution is 2.33. The summed E-state index contributed by atoms with van der Waals surface area (Å²) in [5, 5.41) is 0. The molecule has 0 aliphatic rings. The minimum absolute atomic E-state index is 0.0634. The van der Waals surface area contributed by atoms with Gasteiger partial charge in [-0.15, -0.1) is 0 Å². The number of hydrogen-bond acceptors (Lipinski definition) is 1. The van der Waals surface area contributed by atoms with Crippen LogP contribution in [0.2, 0.25) is 0 Å². The lowest BCUT2D eigenvalue weighted by atomic mass is 10.0. The van der Waals surface area contributed by atoms with Crippen LogP contribution in [0.3, 0.4) is 0 Å². The van der Waals surface area contributed by atoms with Crippen LogP contribution in [0.25, 0.3) is 0 Å². The molecule has 1 nitrogen and oxygen atoms in total. The van der Waals surface area contributed by atoms with Gasteiger partial charge in [-0.25, -0.2) is 8.78 Å². The zero-order chi connectivity index (χ0) is 12.5. The van der Waals surface area contributed by atoms with Gasteiger partial charge in [0.2, 0.25) is 0 Å². The summed E-state index contributed by atoms with van der Waals surface area (Å²) in [6.45, 7) is 0. The molecule has 0 unspecified atom stereocenters. The van der Waals surface area contributed by atoms with Gasteiger partial charge in [-0.05, 0) is 23.8 Å². The fraction of sp³-hybridized carbons (Fsp3) is 0.333. The Morgan fingerprint density at radius 1 is 1.12 bits per heavy atom. The second kappa shape index (κ2) is 4.67. The van der Waals surface area contributed by atoms with Gasteiger partial charge in [-0.3, -0.25) is 0 Å². The van der Waals surface area contributed by atoms with E-state index >= 15 is 0 Å². The van der Waals surface area contributed by atoms with E-state index in [1.54, 1.807) is 0 Å². The molecule has 0 saturated heterocycles. The number of hydrogen-bond donors (Lipinski definition) is 1. The molecule has 0 radical (unpaired) electrons. The first-order valence-corrected chi connectivity index (χ1v) is 4.92. The summed E-state index contributed by atoms with van der Waals surface area (Å²) in [6, 6.07) is 0.855. The molecule has 1 aromatic carbocycles. The standard InChI is InChI=1S/C9H7BrF5N/c10-6-2-4(7(16)8(11)12)1-5(3-6)9(13,14)15/h1-3,7-8H,16H2/t7-/m0/s1. The highest BCUT2D eigenvalue weighted by atomic mass is 79.9. The summed E-state index contributed by atoms with van der Waals surface area (Å²) >= 11 is 2.82. The van der Waals surface area contributed by atoms with Crippen LogP contribution >= 0.6 is 15.9 Å². The monoisotopic (exact) mass is 303 g/mol. The largest absolute Gasteiger partial charge is 0.416 e. The van der Waals surface area contributed by atoms with E-state index in [0.717, 1.165) is 12.1 Å². The molecular formula is C9H7BrF5N. The molecule has 0 bridgehead atoms. The van der Waals surface area contributed by atoms with Gasteiger partial charge in [0.25, 0.3) is 6.43 Å². The van der Waals surface area contributed by atoms with Crippen LogP contribution < -0.4 is 5.73 Å². The van der Waals surface area contributed by atoms with Crippen LogP contribution in [0, 0.1) is 0 Å². The van der Waals surface area contributed by atoms with Crippen molar-refractivity contribution >= 4 is 15.9 Å². The maximum absolute atomic E-state index is 12.4. The van der Waals surface area contributed by atoms with Crippen LogP contribution in [-0.4, -0.2) is 6.43 Å². The Bertz CT molecular complexity index is 377. The minimum atomic E-state index is -4.58. The zero-order valence-corrected chi connectivity index (χ0v) is 9.32. The van der Waals surface area contributed by atoms with Crippen molar-refractivity contribution in [3.8, 4) is 0 Å². The molecule has 2 N–H and O–H groups in total. The predicted molar refractivity (Wildman–Crippen MR) is 52.1 cm³/mol. The number of rotatable bonds is 2. The smallest absolute Gasteiger partial charge is 0.319 e. The SMILES string of the molecule is N[C@@H](c1cc(Br)cc(C(F)(F)F)c1)C(F)F. The zero-order valence-electron chi connectivity index (χ0n) is 7.73. The highest BCUT2D eigenvalue weighted by molar-refractivity contribution is 9.10. The van der Waals surface area contributed by atoms with Gasteiger partial charge in [-0.1, -0.05) is 15.9 Å². The highest BCUT2D eigenvalue weighted by Gasteiger charge is 2.32. The maximum Gasteiger partial charge on any atom is 0.416 e. The Kier molecular flexibility index (Phi) is 3.90. The number of halogens is 6. The quantitative estimate of drug-likeness (QED) is 0.828. The van der Waals surface area contributed by atoms with Crippen LogP contribution in [0.4, 0.5) is 22.0 Å². The van der Waals surface area contributed by atoms with E-state index in [1.807, 2.05) is 0 Å². The molecule has 0 heterocycles. The van der Waals surface area contributed by atoms with Gasteiger partial charge in [0, 0.05) is 4.47 Å². The number of nitrogens with two attached hydrogens (primary N) is 1. The van der Waals surface area contributed by atoms with E-state index in [4.69, 9.17) is 5.73 Å². The van der Waals surface area contributed by atoms with Gasteiger partial charge in [0.1, 0.15) is 0 Å². The predicted octanol–water partition coefficient (Wildman–Crippen LogP) is 3.73. The van der Waals surface area contributed by atoms with Gasteiger partial charge < -0.3 is 5.73 Å². The topological polar surface area (TPSA) is 26.0 Å². The Morgan fingerprint density at radius 2 is 1.69 bits per heavy atom. The lowest BCUT2D eigenvalue weighted by Gasteiger charge is -2.14. The van der Waals surface area contributed by atoms with Crippen molar-refractivity contribution in [2.75, 3.05) is 0 Å². The molecule has 0 saturated carbocycles. The van der Waals surface area contributed by atoms with Crippen molar-refractivity contribution in [1.29, 1.82) is 0 Å². The van der Waals surface area contributed by atoms with Crippen LogP contribution in [0.5, 0.6) is 0 Å². The Morgan fingerprint density at radius 3 is 2.12 bits per heavy atom. The molecule has 0 fully saturated rings. The molecule has 90 valence electrons. The van der Waals surface area contributed by atoms with E-state index in [-0.39, 0.29) is 10.0 Å². The second-order valence-corrected chi connectivity index (χ2v) is 4.05. The third kappa shape index (κ3) is 3.15. The van der Waals surface area contributed by atoms with Gasteiger partial charge in [-0.2, -0.15) is 13.2 Å². The van der Waals surface area contributed by atoms with E-state index in [9.17, 15) is 22.0 Å². The summed E-state index contributed by atoms with van der Waals surface area (Å²) in [5.41, 5.74) is 3.82. The van der Waals surface area contributed by atoms with Crippen molar-refractivity contribution in [3.63, 3.8) is 0 Å². The summed E-state index contributed by atoms with van der Waals surface area (Å²) in [5.74, 6) is 0. The molecule has 0 aliphatic carbocycles. The molecule has 1 rings (SSSR count). The summed E-state index contributed by atoms with van der Waals surface area (Å²) < 4.78 is 61.7. The Balaban J connectivity index is 3.18. The summed E-state index contributed by atoms with van der Waals surface area (Å²) in [6.07, 6.45) is -7.49. The van der Waals surface area contributed by atoms with Crippen LogP contribution in [-0.2, 0) is 6.18 Å². The molecular weight excluding hydrogens is 297 g/mol. The third-order valence-corrected chi connectivity index (χ3v) is 2.36. The lowest BCUT2D eigenvalue weighted by Crippen LogP contribution is -2.19. The van der Waals surface area contributed by atoms with E-state index in [1.165, 1.54) is 0 Å². The average molecular weight is 304 g/mol. The first-order chi connectivity index (χ1) is 7.21. The third-order valence-electron chi connectivity index (χ3n) is 1.90. The van der Waals surface area contributed by atoms with Gasteiger partial charge in [0.05, 0.1) is 11.6 Å². The Labute approximate surface area is 96.6 Å². The van der Waals surface area contributed by atoms with Gasteiger partial charge >= 0.3 is 6.18 Å². The lowest BCUT2D eigenvalue weighted by molar-refractivity contribution is -0.137. The van der Waals surface area contributed by atoms with Crippen molar-refractivity contribution in [2.24, 2.45) is 5.73 Å². The number of benzene rings is 1. The van der Waals surface area contributed by atoms with E-state index < -0.39 is 24.2 Å². The molecule has 1 aromatic rings. The molecule has 1 atom stereocenters. The fourth-order valence-electron chi connectivity index (χ4n) is 1.11. The minimum Gasteiger partial charge on any atom is -0.319 e. The maximum atomic E-state index is 12.4. The molecule has 0 amide bonds. The Hall–Kier alpha value is -0.690. The molecule has 0 aliphatic heterocycles.